The maximum Gasteiger partial charge on any atom is 0.308 e. The van der Waals surface area contributed by atoms with Crippen LogP contribution in [0.1, 0.15) is 13.8 Å². The van der Waals surface area contributed by atoms with Crippen LogP contribution in [0.15, 0.2) is 36.4 Å². The van der Waals surface area contributed by atoms with Gasteiger partial charge in [-0.2, -0.15) is 0 Å². The van der Waals surface area contributed by atoms with E-state index in [0.717, 1.165) is 0 Å². The van der Waals surface area contributed by atoms with Gasteiger partial charge in [0, 0.05) is 31.8 Å². The van der Waals surface area contributed by atoms with Crippen molar-refractivity contribution >= 4 is 28.3 Å². The van der Waals surface area contributed by atoms with E-state index in [4.69, 9.17) is 23.7 Å². The maximum atomic E-state index is 12.5. The number of hydrogen-bond acceptors (Lipinski definition) is 7. The molecule has 0 N–H and O–H groups in total. The first-order valence-electron chi connectivity index (χ1n) is 10.1. The van der Waals surface area contributed by atoms with Crippen LogP contribution in [-0.4, -0.2) is 47.4 Å². The lowest BCUT2D eigenvalue weighted by atomic mass is 9.95. The zero-order valence-electron chi connectivity index (χ0n) is 19.8. The molecular weight excluding hydrogens is 426 g/mol. The summed E-state index contributed by atoms with van der Waals surface area (Å²) in [5.74, 6) is 1.64. The highest BCUT2D eigenvalue weighted by atomic mass is 16.5. The second-order valence-electron chi connectivity index (χ2n) is 7.27. The van der Waals surface area contributed by atoms with Crippen LogP contribution in [0.3, 0.4) is 0 Å². The van der Waals surface area contributed by atoms with Gasteiger partial charge in [0.2, 0.25) is 5.91 Å². The molecule has 0 spiro atoms. The van der Waals surface area contributed by atoms with Crippen LogP contribution in [-0.2, 0) is 9.59 Å². The fourth-order valence-electron chi connectivity index (χ4n) is 3.70. The lowest BCUT2D eigenvalue weighted by Crippen LogP contribution is -2.24. The SMILES string of the molecule is COc1ccc(-c2c(OC(C)=O)cc3cc(OC)c(OC)cc3c2N(C)C(C)=O)cc1OC. The Morgan fingerprint density at radius 1 is 0.727 bits per heavy atom. The summed E-state index contributed by atoms with van der Waals surface area (Å²) in [6, 6.07) is 10.6. The van der Waals surface area contributed by atoms with Crippen LogP contribution in [0.5, 0.6) is 28.7 Å². The zero-order chi connectivity index (χ0) is 24.3. The van der Waals surface area contributed by atoms with Crippen LogP contribution in [0.25, 0.3) is 21.9 Å². The van der Waals surface area contributed by atoms with Crippen LogP contribution in [0.4, 0.5) is 5.69 Å². The maximum absolute atomic E-state index is 12.5. The highest BCUT2D eigenvalue weighted by Gasteiger charge is 2.24. The molecule has 3 rings (SSSR count). The predicted molar refractivity (Wildman–Crippen MR) is 126 cm³/mol. The van der Waals surface area contributed by atoms with Crippen molar-refractivity contribution in [3.05, 3.63) is 36.4 Å². The average molecular weight is 453 g/mol. The zero-order valence-corrected chi connectivity index (χ0v) is 19.8. The molecule has 0 aliphatic carbocycles. The molecular formula is C25H27NO7. The van der Waals surface area contributed by atoms with Crippen LogP contribution in [0, 0.1) is 0 Å². The van der Waals surface area contributed by atoms with Crippen molar-refractivity contribution in [1.29, 1.82) is 0 Å². The second kappa shape index (κ2) is 9.68. The van der Waals surface area contributed by atoms with Crippen LogP contribution < -0.4 is 28.6 Å². The summed E-state index contributed by atoms with van der Waals surface area (Å²) in [4.78, 5) is 26.0. The van der Waals surface area contributed by atoms with Gasteiger partial charge in [-0.3, -0.25) is 9.59 Å². The fraction of sp³-hybridized carbons (Fsp3) is 0.280. The third-order valence-corrected chi connectivity index (χ3v) is 5.31. The summed E-state index contributed by atoms with van der Waals surface area (Å²) >= 11 is 0. The molecule has 0 saturated heterocycles. The minimum Gasteiger partial charge on any atom is -0.493 e. The normalized spacial score (nSPS) is 10.5. The molecule has 1 amide bonds. The highest BCUT2D eigenvalue weighted by Crippen LogP contribution is 2.48. The molecule has 8 heteroatoms. The first kappa shape index (κ1) is 23.7. The molecule has 0 unspecified atom stereocenters. The van der Waals surface area contributed by atoms with E-state index in [1.807, 2.05) is 6.07 Å². The van der Waals surface area contributed by atoms with Crippen LogP contribution >= 0.6 is 0 Å². The van der Waals surface area contributed by atoms with E-state index in [-0.39, 0.29) is 11.7 Å². The van der Waals surface area contributed by atoms with Gasteiger partial charge < -0.3 is 28.6 Å². The number of carbonyl (C=O) groups is 2. The van der Waals surface area contributed by atoms with Gasteiger partial charge in [0.25, 0.3) is 0 Å². The lowest BCUT2D eigenvalue weighted by Gasteiger charge is -2.25. The molecule has 0 fully saturated rings. The van der Waals surface area contributed by atoms with Crippen molar-refractivity contribution in [3.8, 4) is 39.9 Å². The molecule has 3 aromatic rings. The molecule has 0 radical (unpaired) electrons. The van der Waals surface area contributed by atoms with Gasteiger partial charge in [0.05, 0.1) is 34.1 Å². The Morgan fingerprint density at radius 2 is 1.27 bits per heavy atom. The smallest absolute Gasteiger partial charge is 0.308 e. The van der Waals surface area contributed by atoms with Crippen LogP contribution in [0.2, 0.25) is 0 Å². The number of amides is 1. The number of fused-ring (bicyclic) bond motifs is 1. The van der Waals surface area contributed by atoms with E-state index in [1.54, 1.807) is 51.6 Å². The van der Waals surface area contributed by atoms with E-state index in [9.17, 15) is 9.59 Å². The molecule has 0 aliphatic rings. The Morgan fingerprint density at radius 3 is 1.82 bits per heavy atom. The molecule has 8 nitrogen and oxygen atoms in total. The van der Waals surface area contributed by atoms with Crippen molar-refractivity contribution in [1.82, 2.24) is 0 Å². The van der Waals surface area contributed by atoms with Gasteiger partial charge in [-0.25, -0.2) is 0 Å². The Labute approximate surface area is 192 Å². The summed E-state index contributed by atoms with van der Waals surface area (Å²) < 4.78 is 27.4. The topological polar surface area (TPSA) is 83.5 Å². The van der Waals surface area contributed by atoms with E-state index in [0.29, 0.717) is 50.6 Å². The monoisotopic (exact) mass is 453 g/mol. The largest absolute Gasteiger partial charge is 0.493 e. The summed E-state index contributed by atoms with van der Waals surface area (Å²) in [5, 5.41) is 1.42. The van der Waals surface area contributed by atoms with Gasteiger partial charge in [-0.1, -0.05) is 6.07 Å². The molecule has 0 aromatic heterocycles. The fourth-order valence-corrected chi connectivity index (χ4v) is 3.70. The minimum absolute atomic E-state index is 0.201. The number of benzene rings is 3. The molecule has 3 aromatic carbocycles. The average Bonchev–Trinajstić information content (AvgIpc) is 2.80. The van der Waals surface area contributed by atoms with Gasteiger partial charge in [-0.05, 0) is 41.3 Å². The summed E-state index contributed by atoms with van der Waals surface area (Å²) in [6.45, 7) is 2.79. The quantitative estimate of drug-likeness (QED) is 0.386. The second-order valence-corrected chi connectivity index (χ2v) is 7.27. The van der Waals surface area contributed by atoms with Gasteiger partial charge in [-0.15, -0.1) is 0 Å². The summed E-state index contributed by atoms with van der Waals surface area (Å²) in [5.41, 5.74) is 1.76. The highest BCUT2D eigenvalue weighted by molar-refractivity contribution is 6.11. The molecule has 0 bridgehead atoms. The standard InChI is InChI=1S/C25H27NO7/c1-14(27)26(3)25-18-13-22(32-7)21(31-6)11-17(18)12-23(33-15(2)28)24(25)16-8-9-19(29-4)20(10-16)30-5/h8-13H,1-7H3. The summed E-state index contributed by atoms with van der Waals surface area (Å²) in [7, 11) is 7.83. The molecule has 33 heavy (non-hydrogen) atoms. The number of hydrogen-bond donors (Lipinski definition) is 0. The lowest BCUT2D eigenvalue weighted by molar-refractivity contribution is -0.131. The Balaban J connectivity index is 2.51. The number of carbonyl (C=O) groups excluding carboxylic acids is 2. The van der Waals surface area contributed by atoms with Crippen molar-refractivity contribution in [2.45, 2.75) is 13.8 Å². The van der Waals surface area contributed by atoms with Crippen molar-refractivity contribution in [3.63, 3.8) is 0 Å². The van der Waals surface area contributed by atoms with Crippen molar-refractivity contribution < 1.29 is 33.3 Å². The number of rotatable bonds is 7. The number of esters is 1. The predicted octanol–water partition coefficient (Wildman–Crippen LogP) is 4.45. The van der Waals surface area contributed by atoms with Gasteiger partial charge in [0.1, 0.15) is 5.75 Å². The van der Waals surface area contributed by atoms with E-state index in [2.05, 4.69) is 0 Å². The van der Waals surface area contributed by atoms with Gasteiger partial charge >= 0.3 is 5.97 Å². The Bertz CT molecular complexity index is 1220. The van der Waals surface area contributed by atoms with Crippen molar-refractivity contribution in [2.24, 2.45) is 0 Å². The number of nitrogens with zero attached hydrogens (tertiary/aromatic N) is 1. The molecule has 0 saturated carbocycles. The molecule has 0 atom stereocenters. The third kappa shape index (κ3) is 4.50. The van der Waals surface area contributed by atoms with Gasteiger partial charge in [0.15, 0.2) is 23.0 Å². The number of methoxy groups -OCH3 is 4. The number of ether oxygens (including phenoxy) is 5. The minimum atomic E-state index is -0.493. The van der Waals surface area contributed by atoms with Crippen molar-refractivity contribution in [2.75, 3.05) is 40.4 Å². The molecule has 0 aliphatic heterocycles. The molecule has 0 heterocycles. The number of anilines is 1. The van der Waals surface area contributed by atoms with E-state index >= 15 is 0 Å². The first-order chi connectivity index (χ1) is 15.7. The first-order valence-corrected chi connectivity index (χ1v) is 10.1. The Kier molecular flexibility index (Phi) is 6.96. The third-order valence-electron chi connectivity index (χ3n) is 5.31. The molecule has 174 valence electrons. The van der Waals surface area contributed by atoms with E-state index < -0.39 is 5.97 Å². The van der Waals surface area contributed by atoms with E-state index in [1.165, 1.54) is 33.0 Å². The Hall–Kier alpha value is -3.94. The summed E-state index contributed by atoms with van der Waals surface area (Å²) in [6.07, 6.45) is 0.